The highest BCUT2D eigenvalue weighted by Gasteiger charge is 2.28. The molecule has 120 valence electrons. The summed E-state index contributed by atoms with van der Waals surface area (Å²) in [5, 5.41) is 3.25. The first-order valence-corrected chi connectivity index (χ1v) is 7.49. The Kier molecular flexibility index (Phi) is 4.62. The molecule has 2 aromatic rings. The number of piperazine rings is 1. The molecule has 0 bridgehead atoms. The summed E-state index contributed by atoms with van der Waals surface area (Å²) in [6.07, 6.45) is 3.25. The lowest BCUT2D eigenvalue weighted by Crippen LogP contribution is -2.49. The first-order chi connectivity index (χ1) is 11.1. The van der Waals surface area contributed by atoms with E-state index in [4.69, 9.17) is 0 Å². The second-order valence-corrected chi connectivity index (χ2v) is 5.51. The fraction of sp³-hybridized carbons (Fsp3) is 0.294. The van der Waals surface area contributed by atoms with Crippen LogP contribution in [0.2, 0.25) is 0 Å². The van der Waals surface area contributed by atoms with E-state index in [1.165, 1.54) is 0 Å². The molecule has 0 spiro atoms. The fourth-order valence-electron chi connectivity index (χ4n) is 2.82. The zero-order valence-corrected chi connectivity index (χ0v) is 12.5. The van der Waals surface area contributed by atoms with E-state index in [9.17, 15) is 13.6 Å². The molecular weight excluding hydrogens is 300 g/mol. The molecule has 0 saturated carbocycles. The number of halogens is 2. The van der Waals surface area contributed by atoms with Crippen molar-refractivity contribution < 1.29 is 13.6 Å². The number of hydrogen-bond donors (Lipinski definition) is 1. The first kappa shape index (κ1) is 15.6. The van der Waals surface area contributed by atoms with Crippen molar-refractivity contribution in [1.82, 2.24) is 15.2 Å². The van der Waals surface area contributed by atoms with Crippen LogP contribution in [0.4, 0.5) is 8.78 Å². The lowest BCUT2D eigenvalue weighted by molar-refractivity contribution is -0.133. The van der Waals surface area contributed by atoms with Crippen LogP contribution in [-0.2, 0) is 11.2 Å². The molecule has 6 heteroatoms. The highest BCUT2D eigenvalue weighted by molar-refractivity contribution is 5.79. The molecule has 1 aliphatic heterocycles. The van der Waals surface area contributed by atoms with Crippen molar-refractivity contribution >= 4 is 5.91 Å². The fourth-order valence-corrected chi connectivity index (χ4v) is 2.82. The van der Waals surface area contributed by atoms with Crippen LogP contribution < -0.4 is 5.32 Å². The number of benzene rings is 1. The van der Waals surface area contributed by atoms with E-state index in [1.807, 2.05) is 12.1 Å². The van der Waals surface area contributed by atoms with E-state index >= 15 is 0 Å². The van der Waals surface area contributed by atoms with Gasteiger partial charge in [-0.15, -0.1) is 0 Å². The van der Waals surface area contributed by atoms with Crippen molar-refractivity contribution in [2.24, 2.45) is 0 Å². The van der Waals surface area contributed by atoms with Crippen LogP contribution in [0.3, 0.4) is 0 Å². The predicted octanol–water partition coefficient (Wildman–Crippen LogP) is 2.08. The summed E-state index contributed by atoms with van der Waals surface area (Å²) in [7, 11) is 0. The van der Waals surface area contributed by atoms with Gasteiger partial charge in [-0.2, -0.15) is 0 Å². The number of nitrogens with one attached hydrogen (secondary N) is 1. The van der Waals surface area contributed by atoms with Crippen molar-refractivity contribution in [2.75, 3.05) is 19.6 Å². The second kappa shape index (κ2) is 6.83. The standard InChI is InChI=1S/C17H17F2N3O/c18-14-3-4-15(19)13(8-14)9-17(23)22-7-6-21-11-16(22)12-2-1-5-20-10-12/h1-5,8,10,16,21H,6-7,9,11H2. The number of carbonyl (C=O) groups excluding carboxylic acids is 1. The Morgan fingerprint density at radius 3 is 3.00 bits per heavy atom. The van der Waals surface area contributed by atoms with Crippen molar-refractivity contribution in [1.29, 1.82) is 0 Å². The Balaban J connectivity index is 1.80. The third kappa shape index (κ3) is 3.53. The minimum atomic E-state index is -0.562. The van der Waals surface area contributed by atoms with Gasteiger partial charge >= 0.3 is 0 Å². The van der Waals surface area contributed by atoms with E-state index < -0.39 is 11.6 Å². The topological polar surface area (TPSA) is 45.2 Å². The third-order valence-electron chi connectivity index (χ3n) is 3.98. The molecule has 0 radical (unpaired) electrons. The van der Waals surface area contributed by atoms with Gasteiger partial charge in [0, 0.05) is 37.6 Å². The minimum Gasteiger partial charge on any atom is -0.333 e. The summed E-state index contributed by atoms with van der Waals surface area (Å²) in [6, 6.07) is 6.75. The van der Waals surface area contributed by atoms with Crippen LogP contribution in [0.5, 0.6) is 0 Å². The highest BCUT2D eigenvalue weighted by atomic mass is 19.1. The van der Waals surface area contributed by atoms with Gasteiger partial charge in [0.15, 0.2) is 0 Å². The van der Waals surface area contributed by atoms with Gasteiger partial charge in [0.2, 0.25) is 5.91 Å². The van der Waals surface area contributed by atoms with Gasteiger partial charge in [-0.05, 0) is 29.8 Å². The zero-order valence-electron chi connectivity index (χ0n) is 12.5. The Hall–Kier alpha value is -2.34. The molecule has 1 aliphatic rings. The molecule has 4 nitrogen and oxygen atoms in total. The maximum Gasteiger partial charge on any atom is 0.227 e. The number of amides is 1. The molecule has 1 saturated heterocycles. The third-order valence-corrected chi connectivity index (χ3v) is 3.98. The number of aromatic nitrogens is 1. The number of carbonyl (C=O) groups is 1. The number of pyridine rings is 1. The maximum atomic E-state index is 13.8. The molecule has 1 aromatic carbocycles. The molecule has 2 heterocycles. The van der Waals surface area contributed by atoms with Gasteiger partial charge in [-0.25, -0.2) is 8.78 Å². The van der Waals surface area contributed by atoms with E-state index in [2.05, 4.69) is 10.3 Å². The highest BCUT2D eigenvalue weighted by Crippen LogP contribution is 2.23. The molecular formula is C17H17F2N3O. The van der Waals surface area contributed by atoms with Gasteiger partial charge in [0.25, 0.3) is 0 Å². The average molecular weight is 317 g/mol. The normalized spacial score (nSPS) is 18.0. The Labute approximate surface area is 133 Å². The van der Waals surface area contributed by atoms with E-state index in [0.29, 0.717) is 19.6 Å². The van der Waals surface area contributed by atoms with Crippen molar-refractivity contribution in [3.8, 4) is 0 Å². The summed E-state index contributed by atoms with van der Waals surface area (Å²) in [4.78, 5) is 18.4. The van der Waals surface area contributed by atoms with Crippen LogP contribution in [0, 0.1) is 11.6 Å². The molecule has 1 fully saturated rings. The molecule has 1 unspecified atom stereocenters. The van der Waals surface area contributed by atoms with Gasteiger partial charge in [-0.3, -0.25) is 9.78 Å². The molecule has 1 aromatic heterocycles. The second-order valence-electron chi connectivity index (χ2n) is 5.51. The molecule has 1 amide bonds. The van der Waals surface area contributed by atoms with Gasteiger partial charge in [-0.1, -0.05) is 6.07 Å². The summed E-state index contributed by atoms with van der Waals surface area (Å²) in [5.74, 6) is -1.32. The van der Waals surface area contributed by atoms with Crippen molar-refractivity contribution in [3.05, 3.63) is 65.5 Å². The van der Waals surface area contributed by atoms with Crippen LogP contribution in [0.15, 0.2) is 42.7 Å². The lowest BCUT2D eigenvalue weighted by Gasteiger charge is -2.36. The number of nitrogens with zero attached hydrogens (tertiary/aromatic N) is 2. The number of rotatable bonds is 3. The zero-order chi connectivity index (χ0) is 16.2. The maximum absolute atomic E-state index is 13.8. The smallest absolute Gasteiger partial charge is 0.227 e. The summed E-state index contributed by atoms with van der Waals surface area (Å²) >= 11 is 0. The quantitative estimate of drug-likeness (QED) is 0.943. The van der Waals surface area contributed by atoms with Gasteiger partial charge in [0.1, 0.15) is 11.6 Å². The van der Waals surface area contributed by atoms with Crippen molar-refractivity contribution in [3.63, 3.8) is 0 Å². The Morgan fingerprint density at radius 1 is 1.35 bits per heavy atom. The lowest BCUT2D eigenvalue weighted by atomic mass is 10.0. The largest absolute Gasteiger partial charge is 0.333 e. The molecule has 23 heavy (non-hydrogen) atoms. The summed E-state index contributed by atoms with van der Waals surface area (Å²) < 4.78 is 27.0. The Bertz CT molecular complexity index is 693. The molecule has 1 N–H and O–H groups in total. The van der Waals surface area contributed by atoms with Crippen LogP contribution >= 0.6 is 0 Å². The van der Waals surface area contributed by atoms with Crippen LogP contribution in [0.1, 0.15) is 17.2 Å². The van der Waals surface area contributed by atoms with E-state index in [1.54, 1.807) is 17.3 Å². The monoisotopic (exact) mass is 317 g/mol. The summed E-state index contributed by atoms with van der Waals surface area (Å²) in [5.41, 5.74) is 1.01. The predicted molar refractivity (Wildman–Crippen MR) is 81.6 cm³/mol. The SMILES string of the molecule is O=C(Cc1cc(F)ccc1F)N1CCNCC1c1cccnc1. The van der Waals surface area contributed by atoms with E-state index in [-0.39, 0.29) is 23.9 Å². The van der Waals surface area contributed by atoms with Crippen LogP contribution in [-0.4, -0.2) is 35.4 Å². The molecule has 0 aliphatic carbocycles. The number of hydrogen-bond acceptors (Lipinski definition) is 3. The first-order valence-electron chi connectivity index (χ1n) is 7.49. The Morgan fingerprint density at radius 2 is 2.22 bits per heavy atom. The minimum absolute atomic E-state index is 0.0819. The van der Waals surface area contributed by atoms with Crippen LogP contribution in [0.25, 0.3) is 0 Å². The van der Waals surface area contributed by atoms with E-state index in [0.717, 1.165) is 23.8 Å². The average Bonchev–Trinajstić information content (AvgIpc) is 2.59. The molecule has 3 rings (SSSR count). The van der Waals surface area contributed by atoms with Gasteiger partial charge in [0.05, 0.1) is 12.5 Å². The molecule has 1 atom stereocenters. The van der Waals surface area contributed by atoms with Crippen molar-refractivity contribution in [2.45, 2.75) is 12.5 Å². The van der Waals surface area contributed by atoms with Gasteiger partial charge < -0.3 is 10.2 Å². The summed E-state index contributed by atoms with van der Waals surface area (Å²) in [6.45, 7) is 1.81.